The van der Waals surface area contributed by atoms with Crippen molar-refractivity contribution in [1.29, 1.82) is 0 Å². The van der Waals surface area contributed by atoms with Crippen molar-refractivity contribution in [3.8, 4) is 0 Å². The highest BCUT2D eigenvalue weighted by Gasteiger charge is 2.31. The van der Waals surface area contributed by atoms with Gasteiger partial charge in [0.15, 0.2) is 0 Å². The number of aryl methyl sites for hydroxylation is 1. The van der Waals surface area contributed by atoms with Crippen molar-refractivity contribution in [2.45, 2.75) is 65.1 Å². The lowest BCUT2D eigenvalue weighted by atomic mass is 10.0. The van der Waals surface area contributed by atoms with Gasteiger partial charge in [-0.05, 0) is 56.0 Å². The average Bonchev–Trinajstić information content (AvgIpc) is 2.93. The molecular formula is C32H40FN3O4S. The number of nitrogens with zero attached hydrogens (tertiary/aromatic N) is 2. The van der Waals surface area contributed by atoms with Gasteiger partial charge in [0, 0.05) is 37.5 Å². The molecule has 41 heavy (non-hydrogen) atoms. The third kappa shape index (κ3) is 9.42. The summed E-state index contributed by atoms with van der Waals surface area (Å²) < 4.78 is 41.2. The number of halogens is 1. The highest BCUT2D eigenvalue weighted by molar-refractivity contribution is 7.92. The molecule has 0 saturated carbocycles. The summed E-state index contributed by atoms with van der Waals surface area (Å²) in [6, 6.07) is 21.8. The molecule has 0 unspecified atom stereocenters. The molecule has 7 nitrogen and oxygen atoms in total. The number of hydrogen-bond donors (Lipinski definition) is 1. The molecule has 3 aromatic rings. The molecule has 2 amide bonds. The van der Waals surface area contributed by atoms with Crippen molar-refractivity contribution < 1.29 is 22.4 Å². The van der Waals surface area contributed by atoms with Gasteiger partial charge in [0.25, 0.3) is 0 Å². The number of benzene rings is 3. The zero-order valence-corrected chi connectivity index (χ0v) is 25.0. The van der Waals surface area contributed by atoms with Gasteiger partial charge in [-0.15, -0.1) is 0 Å². The maximum Gasteiger partial charge on any atom is 0.243 e. The summed E-state index contributed by atoms with van der Waals surface area (Å²) in [6.07, 6.45) is 2.42. The van der Waals surface area contributed by atoms with Gasteiger partial charge in [-0.2, -0.15) is 0 Å². The summed E-state index contributed by atoms with van der Waals surface area (Å²) >= 11 is 0. The summed E-state index contributed by atoms with van der Waals surface area (Å²) in [5, 5.41) is 2.91. The Morgan fingerprint density at radius 2 is 1.54 bits per heavy atom. The van der Waals surface area contributed by atoms with Crippen LogP contribution < -0.4 is 9.62 Å². The van der Waals surface area contributed by atoms with E-state index in [0.29, 0.717) is 11.3 Å². The minimum absolute atomic E-state index is 0.0201. The average molecular weight is 582 g/mol. The van der Waals surface area contributed by atoms with E-state index in [9.17, 15) is 22.4 Å². The summed E-state index contributed by atoms with van der Waals surface area (Å²) in [6.45, 7) is 5.70. The predicted octanol–water partition coefficient (Wildman–Crippen LogP) is 5.10. The van der Waals surface area contributed by atoms with Crippen molar-refractivity contribution in [3.05, 3.63) is 101 Å². The zero-order chi connectivity index (χ0) is 30.0. The number of carbonyl (C=O) groups is 2. The van der Waals surface area contributed by atoms with E-state index in [1.807, 2.05) is 63.2 Å². The normalized spacial score (nSPS) is 12.1. The summed E-state index contributed by atoms with van der Waals surface area (Å²) in [4.78, 5) is 28.7. The van der Waals surface area contributed by atoms with E-state index < -0.39 is 21.9 Å². The smallest absolute Gasteiger partial charge is 0.243 e. The maximum atomic E-state index is 14.7. The van der Waals surface area contributed by atoms with E-state index in [2.05, 4.69) is 5.32 Å². The summed E-state index contributed by atoms with van der Waals surface area (Å²) in [7, 11) is -3.60. The Bertz CT molecular complexity index is 1400. The Morgan fingerprint density at radius 3 is 2.12 bits per heavy atom. The van der Waals surface area contributed by atoms with Crippen molar-refractivity contribution in [2.24, 2.45) is 0 Å². The van der Waals surface area contributed by atoms with Crippen LogP contribution in [0.3, 0.4) is 0 Å². The lowest BCUT2D eigenvalue weighted by Gasteiger charge is -2.32. The molecule has 0 radical (unpaired) electrons. The number of rotatable bonds is 14. The van der Waals surface area contributed by atoms with Gasteiger partial charge in [0.2, 0.25) is 21.8 Å². The Morgan fingerprint density at radius 1 is 0.902 bits per heavy atom. The van der Waals surface area contributed by atoms with Gasteiger partial charge in [-0.25, -0.2) is 12.8 Å². The minimum atomic E-state index is -3.60. The lowest BCUT2D eigenvalue weighted by molar-refractivity contribution is -0.141. The molecule has 0 aliphatic rings. The minimum Gasteiger partial charge on any atom is -0.352 e. The first-order valence-corrected chi connectivity index (χ1v) is 15.8. The molecule has 1 N–H and O–H groups in total. The second-order valence-corrected chi connectivity index (χ2v) is 12.3. The number of amides is 2. The molecule has 3 aromatic carbocycles. The second kappa shape index (κ2) is 14.8. The molecule has 3 rings (SSSR count). The number of carbonyl (C=O) groups excluding carboxylic acids is 2. The predicted molar refractivity (Wildman–Crippen MR) is 161 cm³/mol. The lowest BCUT2D eigenvalue weighted by Crippen LogP contribution is -2.52. The molecule has 1 atom stereocenters. The fraction of sp³-hybridized carbons (Fsp3) is 0.375. The SMILES string of the molecule is CCc1ccc(N(CCCC(=O)N(Cc2ccccc2F)[C@@H](Cc2ccccc2)C(=O)NC(C)C)S(C)(=O)=O)cc1. The van der Waals surface area contributed by atoms with Gasteiger partial charge in [0.1, 0.15) is 11.9 Å². The Labute approximate surface area is 243 Å². The largest absolute Gasteiger partial charge is 0.352 e. The number of nitrogens with one attached hydrogen (secondary N) is 1. The van der Waals surface area contributed by atoms with Crippen LogP contribution in [0.25, 0.3) is 0 Å². The van der Waals surface area contributed by atoms with Crippen LogP contribution in [0.2, 0.25) is 0 Å². The van der Waals surface area contributed by atoms with Crippen molar-refractivity contribution >= 4 is 27.5 Å². The van der Waals surface area contributed by atoms with Crippen LogP contribution >= 0.6 is 0 Å². The molecule has 0 saturated heterocycles. The molecule has 0 aliphatic carbocycles. The Kier molecular flexibility index (Phi) is 11.5. The zero-order valence-electron chi connectivity index (χ0n) is 24.2. The number of hydrogen-bond acceptors (Lipinski definition) is 4. The highest BCUT2D eigenvalue weighted by Crippen LogP contribution is 2.21. The van der Waals surface area contributed by atoms with Gasteiger partial charge in [-0.1, -0.05) is 67.6 Å². The monoisotopic (exact) mass is 581 g/mol. The Hall–Kier alpha value is -3.72. The van der Waals surface area contributed by atoms with Crippen LogP contribution in [0.5, 0.6) is 0 Å². The van der Waals surface area contributed by atoms with E-state index in [-0.39, 0.29) is 50.2 Å². The van der Waals surface area contributed by atoms with E-state index >= 15 is 0 Å². The molecule has 220 valence electrons. The molecule has 0 fully saturated rings. The third-order valence-corrected chi connectivity index (χ3v) is 7.98. The summed E-state index contributed by atoms with van der Waals surface area (Å²) in [5.74, 6) is -1.16. The fourth-order valence-electron chi connectivity index (χ4n) is 4.65. The molecule has 0 heterocycles. The third-order valence-electron chi connectivity index (χ3n) is 6.79. The van der Waals surface area contributed by atoms with E-state index in [1.54, 1.807) is 30.3 Å². The van der Waals surface area contributed by atoms with Crippen molar-refractivity contribution in [1.82, 2.24) is 10.2 Å². The van der Waals surface area contributed by atoms with Gasteiger partial charge in [-0.3, -0.25) is 13.9 Å². The van der Waals surface area contributed by atoms with E-state index in [1.165, 1.54) is 15.3 Å². The molecule has 0 bridgehead atoms. The summed E-state index contributed by atoms with van der Waals surface area (Å²) in [5.41, 5.74) is 2.77. The van der Waals surface area contributed by atoms with Gasteiger partial charge < -0.3 is 10.2 Å². The molecule has 0 spiro atoms. The molecular weight excluding hydrogens is 541 g/mol. The quantitative estimate of drug-likeness (QED) is 0.287. The Balaban J connectivity index is 1.88. The van der Waals surface area contributed by atoms with Crippen molar-refractivity contribution in [2.75, 3.05) is 17.1 Å². The van der Waals surface area contributed by atoms with Gasteiger partial charge >= 0.3 is 0 Å². The maximum absolute atomic E-state index is 14.7. The van der Waals surface area contributed by atoms with Gasteiger partial charge in [0.05, 0.1) is 11.9 Å². The number of sulfonamides is 1. The second-order valence-electron chi connectivity index (χ2n) is 10.4. The topological polar surface area (TPSA) is 86.8 Å². The standard InChI is InChI=1S/C32H40FN3O4S/c1-5-25-17-19-28(20-18-25)36(41(4,39)40)21-11-16-31(37)35(23-27-14-9-10-15-29(27)33)30(32(38)34-24(2)3)22-26-12-7-6-8-13-26/h6-10,12-15,17-20,24,30H,5,11,16,21-23H2,1-4H3,(H,34,38)/t30-/m0/s1. The van der Waals surface area contributed by atoms with Crippen LogP contribution in [0.4, 0.5) is 10.1 Å². The molecule has 0 aromatic heterocycles. The highest BCUT2D eigenvalue weighted by atomic mass is 32.2. The molecule has 0 aliphatic heterocycles. The van der Waals surface area contributed by atoms with Crippen LogP contribution in [-0.4, -0.2) is 50.0 Å². The van der Waals surface area contributed by atoms with Crippen LogP contribution in [0.1, 0.15) is 50.3 Å². The molecule has 9 heteroatoms. The number of anilines is 1. The van der Waals surface area contributed by atoms with E-state index in [4.69, 9.17) is 0 Å². The van der Waals surface area contributed by atoms with Crippen molar-refractivity contribution in [3.63, 3.8) is 0 Å². The first kappa shape index (κ1) is 31.8. The first-order chi connectivity index (χ1) is 19.5. The first-order valence-electron chi connectivity index (χ1n) is 13.9. The van der Waals surface area contributed by atoms with Crippen LogP contribution in [-0.2, 0) is 39.0 Å². The van der Waals surface area contributed by atoms with E-state index in [0.717, 1.165) is 23.8 Å². The van der Waals surface area contributed by atoms with Crippen LogP contribution in [0, 0.1) is 5.82 Å². The van der Waals surface area contributed by atoms with Crippen LogP contribution in [0.15, 0.2) is 78.9 Å². The fourth-order valence-corrected chi connectivity index (χ4v) is 5.61.